The van der Waals surface area contributed by atoms with Crippen LogP contribution >= 0.6 is 0 Å². The SMILES string of the molecule is Cc1c(C)n(-c2ccccc2)c2ncn(C)c(=O)c12. The van der Waals surface area contributed by atoms with Crippen molar-refractivity contribution >= 4 is 11.0 Å². The Morgan fingerprint density at radius 1 is 1.11 bits per heavy atom. The Balaban J connectivity index is 2.48. The third-order valence-electron chi connectivity index (χ3n) is 3.59. The van der Waals surface area contributed by atoms with Crippen molar-refractivity contribution in [2.45, 2.75) is 13.8 Å². The molecule has 3 rings (SSSR count). The molecule has 0 spiro atoms. The maximum absolute atomic E-state index is 12.3. The van der Waals surface area contributed by atoms with Crippen LogP contribution in [0.5, 0.6) is 0 Å². The number of hydrogen-bond donors (Lipinski definition) is 0. The van der Waals surface area contributed by atoms with Crippen LogP contribution in [0.2, 0.25) is 0 Å². The van der Waals surface area contributed by atoms with Crippen LogP contribution in [-0.4, -0.2) is 14.1 Å². The largest absolute Gasteiger partial charge is 0.302 e. The van der Waals surface area contributed by atoms with Crippen LogP contribution in [0.3, 0.4) is 0 Å². The Labute approximate surface area is 110 Å². The summed E-state index contributed by atoms with van der Waals surface area (Å²) in [6.07, 6.45) is 1.57. The smallest absolute Gasteiger partial charge is 0.262 e. The molecule has 0 aliphatic rings. The van der Waals surface area contributed by atoms with Gasteiger partial charge >= 0.3 is 0 Å². The van der Waals surface area contributed by atoms with Gasteiger partial charge in [0.2, 0.25) is 0 Å². The predicted octanol–water partition coefficient (Wildman–Crippen LogP) is 2.34. The van der Waals surface area contributed by atoms with Crippen LogP contribution in [0.25, 0.3) is 16.7 Å². The summed E-state index contributed by atoms with van der Waals surface area (Å²) in [5.41, 5.74) is 3.80. The van der Waals surface area contributed by atoms with Gasteiger partial charge in [-0.3, -0.25) is 9.36 Å². The summed E-state index contributed by atoms with van der Waals surface area (Å²) in [5, 5.41) is 0.700. The monoisotopic (exact) mass is 253 g/mol. The van der Waals surface area contributed by atoms with E-state index in [-0.39, 0.29) is 5.56 Å². The van der Waals surface area contributed by atoms with E-state index in [1.54, 1.807) is 13.4 Å². The summed E-state index contributed by atoms with van der Waals surface area (Å²) in [6, 6.07) is 9.98. The molecule has 4 heteroatoms. The number of rotatable bonds is 1. The quantitative estimate of drug-likeness (QED) is 0.668. The number of nitrogens with zero attached hydrogens (tertiary/aromatic N) is 3. The molecule has 0 saturated heterocycles. The first-order valence-electron chi connectivity index (χ1n) is 6.20. The van der Waals surface area contributed by atoms with E-state index >= 15 is 0 Å². The molecule has 2 heterocycles. The number of para-hydroxylation sites is 1. The molecule has 0 aliphatic heterocycles. The molecule has 0 unspecified atom stereocenters. The molecule has 0 amide bonds. The Bertz CT molecular complexity index is 813. The van der Waals surface area contributed by atoms with Crippen molar-refractivity contribution in [3.05, 3.63) is 58.3 Å². The zero-order valence-corrected chi connectivity index (χ0v) is 11.2. The van der Waals surface area contributed by atoms with E-state index < -0.39 is 0 Å². The maximum atomic E-state index is 12.3. The number of aromatic nitrogens is 3. The average Bonchev–Trinajstić information content (AvgIpc) is 2.68. The molecule has 4 nitrogen and oxygen atoms in total. The highest BCUT2D eigenvalue weighted by Gasteiger charge is 2.16. The van der Waals surface area contributed by atoms with Gasteiger partial charge in [0.25, 0.3) is 5.56 Å². The number of fused-ring (bicyclic) bond motifs is 1. The molecule has 3 aromatic rings. The van der Waals surface area contributed by atoms with Crippen molar-refractivity contribution in [3.8, 4) is 5.69 Å². The Hall–Kier alpha value is -2.36. The molecule has 0 atom stereocenters. The second-order valence-corrected chi connectivity index (χ2v) is 4.74. The highest BCUT2D eigenvalue weighted by molar-refractivity contribution is 5.82. The predicted molar refractivity (Wildman–Crippen MR) is 75.8 cm³/mol. The van der Waals surface area contributed by atoms with Crippen LogP contribution in [-0.2, 0) is 7.05 Å². The van der Waals surface area contributed by atoms with Crippen molar-refractivity contribution in [1.82, 2.24) is 14.1 Å². The highest BCUT2D eigenvalue weighted by atomic mass is 16.1. The third kappa shape index (κ3) is 1.60. The van der Waals surface area contributed by atoms with Crippen LogP contribution < -0.4 is 5.56 Å². The minimum atomic E-state index is 0.000260. The van der Waals surface area contributed by atoms with E-state index in [0.717, 1.165) is 22.6 Å². The molecular formula is C15H15N3O. The lowest BCUT2D eigenvalue weighted by Crippen LogP contribution is -2.17. The molecule has 0 bridgehead atoms. The highest BCUT2D eigenvalue weighted by Crippen LogP contribution is 2.24. The molecule has 0 aliphatic carbocycles. The first-order valence-corrected chi connectivity index (χ1v) is 6.20. The molecule has 19 heavy (non-hydrogen) atoms. The fourth-order valence-corrected chi connectivity index (χ4v) is 2.43. The first-order chi connectivity index (χ1) is 9.11. The molecule has 1 aromatic carbocycles. The Kier molecular flexibility index (Phi) is 2.52. The molecule has 2 aromatic heterocycles. The standard InChI is InChI=1S/C15H15N3O/c1-10-11(2)18(12-7-5-4-6-8-12)14-13(10)15(19)17(3)9-16-14/h4-9H,1-3H3. The fourth-order valence-electron chi connectivity index (χ4n) is 2.43. The van der Waals surface area contributed by atoms with Gasteiger partial charge in [0.05, 0.1) is 11.7 Å². The summed E-state index contributed by atoms with van der Waals surface area (Å²) in [5.74, 6) is 0. The molecule has 0 saturated carbocycles. The lowest BCUT2D eigenvalue weighted by Gasteiger charge is -2.07. The van der Waals surface area contributed by atoms with Crippen LogP contribution in [0.4, 0.5) is 0 Å². The molecule has 0 fully saturated rings. The molecular weight excluding hydrogens is 238 g/mol. The van der Waals surface area contributed by atoms with Crippen molar-refractivity contribution in [2.24, 2.45) is 7.05 Å². The van der Waals surface area contributed by atoms with Gasteiger partial charge in [-0.25, -0.2) is 4.98 Å². The van der Waals surface area contributed by atoms with Gasteiger partial charge in [-0.1, -0.05) is 18.2 Å². The van der Waals surface area contributed by atoms with Crippen LogP contribution in [0.15, 0.2) is 41.5 Å². The van der Waals surface area contributed by atoms with Crippen molar-refractivity contribution < 1.29 is 0 Å². The molecule has 96 valence electrons. The fraction of sp³-hybridized carbons (Fsp3) is 0.200. The normalized spacial score (nSPS) is 11.1. The Morgan fingerprint density at radius 3 is 2.47 bits per heavy atom. The zero-order chi connectivity index (χ0) is 13.6. The summed E-state index contributed by atoms with van der Waals surface area (Å²) in [4.78, 5) is 16.7. The maximum Gasteiger partial charge on any atom is 0.262 e. The van der Waals surface area contributed by atoms with E-state index in [1.807, 2.05) is 48.7 Å². The van der Waals surface area contributed by atoms with Crippen molar-refractivity contribution in [3.63, 3.8) is 0 Å². The van der Waals surface area contributed by atoms with E-state index in [2.05, 4.69) is 4.98 Å². The Morgan fingerprint density at radius 2 is 1.79 bits per heavy atom. The summed E-state index contributed by atoms with van der Waals surface area (Å²) >= 11 is 0. The number of hydrogen-bond acceptors (Lipinski definition) is 2. The number of aryl methyl sites for hydroxylation is 2. The lowest BCUT2D eigenvalue weighted by molar-refractivity contribution is 0.837. The van der Waals surface area contributed by atoms with Crippen molar-refractivity contribution in [2.75, 3.05) is 0 Å². The average molecular weight is 253 g/mol. The topological polar surface area (TPSA) is 39.8 Å². The first kappa shape index (κ1) is 11.7. The molecule has 0 radical (unpaired) electrons. The second-order valence-electron chi connectivity index (χ2n) is 4.74. The summed E-state index contributed by atoms with van der Waals surface area (Å²) in [6.45, 7) is 3.99. The van der Waals surface area contributed by atoms with Gasteiger partial charge in [0.15, 0.2) is 5.65 Å². The van der Waals surface area contributed by atoms with Gasteiger partial charge in [-0.05, 0) is 31.5 Å². The van der Waals surface area contributed by atoms with E-state index in [9.17, 15) is 4.79 Å². The van der Waals surface area contributed by atoms with Crippen LogP contribution in [0.1, 0.15) is 11.3 Å². The minimum absolute atomic E-state index is 0.000260. The summed E-state index contributed by atoms with van der Waals surface area (Å²) in [7, 11) is 1.73. The zero-order valence-electron chi connectivity index (χ0n) is 11.2. The third-order valence-corrected chi connectivity index (χ3v) is 3.59. The lowest BCUT2D eigenvalue weighted by atomic mass is 10.2. The number of benzene rings is 1. The van der Waals surface area contributed by atoms with Gasteiger partial charge in [0, 0.05) is 18.4 Å². The van der Waals surface area contributed by atoms with E-state index in [0.29, 0.717) is 5.39 Å². The second kappa shape index (κ2) is 4.09. The van der Waals surface area contributed by atoms with Crippen LogP contribution in [0, 0.1) is 13.8 Å². The van der Waals surface area contributed by atoms with Gasteiger partial charge in [-0.2, -0.15) is 0 Å². The summed E-state index contributed by atoms with van der Waals surface area (Å²) < 4.78 is 3.55. The minimum Gasteiger partial charge on any atom is -0.302 e. The van der Waals surface area contributed by atoms with E-state index in [1.165, 1.54) is 4.57 Å². The van der Waals surface area contributed by atoms with Gasteiger partial charge < -0.3 is 4.57 Å². The van der Waals surface area contributed by atoms with Gasteiger partial charge in [-0.15, -0.1) is 0 Å². The van der Waals surface area contributed by atoms with Crippen molar-refractivity contribution in [1.29, 1.82) is 0 Å². The van der Waals surface area contributed by atoms with Gasteiger partial charge in [0.1, 0.15) is 0 Å². The van der Waals surface area contributed by atoms with E-state index in [4.69, 9.17) is 0 Å². The molecule has 0 N–H and O–H groups in total.